The number of carboxylic acids is 1. The van der Waals surface area contributed by atoms with Gasteiger partial charge in [-0.25, -0.2) is 0 Å². The van der Waals surface area contributed by atoms with Crippen LogP contribution in [0.1, 0.15) is 37.7 Å². The summed E-state index contributed by atoms with van der Waals surface area (Å²) in [6, 6.07) is 9.80. The van der Waals surface area contributed by atoms with Gasteiger partial charge < -0.3 is 10.0 Å². The Kier molecular flexibility index (Phi) is 4.19. The monoisotopic (exact) mass is 301 g/mol. The lowest BCUT2D eigenvalue weighted by Crippen LogP contribution is -2.34. The van der Waals surface area contributed by atoms with E-state index in [2.05, 4.69) is 0 Å². The maximum Gasteiger partial charge on any atom is 0.308 e. The van der Waals surface area contributed by atoms with E-state index >= 15 is 0 Å². The Bertz CT molecular complexity index is 553. The van der Waals surface area contributed by atoms with Gasteiger partial charge in [0.25, 0.3) is 0 Å². The SMILES string of the molecule is CCC(C(=O)N1C[C@H](C(=O)O)[C@@H](C2CC2)C1)c1ccccc1. The molecule has 1 N–H and O–H groups in total. The number of likely N-dealkylation sites (tertiary alicyclic amines) is 1. The molecule has 4 heteroatoms. The fourth-order valence-corrected chi connectivity index (χ4v) is 3.73. The molecule has 2 aliphatic rings. The van der Waals surface area contributed by atoms with Crippen molar-refractivity contribution < 1.29 is 14.7 Å². The molecule has 0 spiro atoms. The van der Waals surface area contributed by atoms with Crippen LogP contribution in [0.3, 0.4) is 0 Å². The van der Waals surface area contributed by atoms with E-state index in [-0.39, 0.29) is 23.7 Å². The van der Waals surface area contributed by atoms with Crippen molar-refractivity contribution in [1.29, 1.82) is 0 Å². The van der Waals surface area contributed by atoms with Gasteiger partial charge in [-0.2, -0.15) is 0 Å². The van der Waals surface area contributed by atoms with Crippen LogP contribution in [0.5, 0.6) is 0 Å². The molecule has 22 heavy (non-hydrogen) atoms. The van der Waals surface area contributed by atoms with Crippen LogP contribution >= 0.6 is 0 Å². The Hall–Kier alpha value is -1.84. The third kappa shape index (κ3) is 2.87. The molecule has 1 unspecified atom stereocenters. The second-order valence-corrected chi connectivity index (χ2v) is 6.56. The van der Waals surface area contributed by atoms with Crippen molar-refractivity contribution in [3.63, 3.8) is 0 Å². The standard InChI is InChI=1S/C18H23NO3/c1-2-14(12-6-4-3-5-7-12)17(20)19-10-15(13-8-9-13)16(11-19)18(21)22/h3-7,13-16H,2,8-11H2,1H3,(H,21,22)/t14?,15-,16+/m1/s1. The van der Waals surface area contributed by atoms with Gasteiger partial charge >= 0.3 is 5.97 Å². The molecule has 1 saturated heterocycles. The number of carboxylic acid groups (broad SMARTS) is 1. The molecule has 1 aromatic carbocycles. The van der Waals surface area contributed by atoms with Crippen molar-refractivity contribution in [3.05, 3.63) is 35.9 Å². The molecule has 1 amide bonds. The number of nitrogens with zero attached hydrogens (tertiary/aromatic N) is 1. The first-order valence-corrected chi connectivity index (χ1v) is 8.18. The minimum absolute atomic E-state index is 0.0862. The van der Waals surface area contributed by atoms with E-state index in [1.165, 1.54) is 0 Å². The lowest BCUT2D eigenvalue weighted by atomic mass is 9.92. The van der Waals surface area contributed by atoms with E-state index in [1.54, 1.807) is 4.90 Å². The predicted octanol–water partition coefficient (Wildman–Crippen LogP) is 2.75. The first-order valence-electron chi connectivity index (χ1n) is 8.18. The third-order valence-electron chi connectivity index (χ3n) is 5.13. The minimum atomic E-state index is -0.750. The molecule has 0 radical (unpaired) electrons. The van der Waals surface area contributed by atoms with Gasteiger partial charge in [0.2, 0.25) is 5.91 Å². The average molecular weight is 301 g/mol. The van der Waals surface area contributed by atoms with Crippen molar-refractivity contribution in [1.82, 2.24) is 4.90 Å². The molecule has 2 fully saturated rings. The Morgan fingerprint density at radius 2 is 1.91 bits per heavy atom. The van der Waals surface area contributed by atoms with E-state index in [4.69, 9.17) is 0 Å². The maximum atomic E-state index is 12.9. The summed E-state index contributed by atoms with van der Waals surface area (Å²) in [5.74, 6) is -0.549. The molecule has 1 aliphatic carbocycles. The number of hydrogen-bond acceptors (Lipinski definition) is 2. The highest BCUT2D eigenvalue weighted by Gasteiger charge is 2.47. The minimum Gasteiger partial charge on any atom is -0.481 e. The van der Waals surface area contributed by atoms with Crippen LogP contribution in [0.4, 0.5) is 0 Å². The summed E-state index contributed by atoms with van der Waals surface area (Å²) in [7, 11) is 0. The number of aliphatic carboxylic acids is 1. The quantitative estimate of drug-likeness (QED) is 0.909. The van der Waals surface area contributed by atoms with Crippen LogP contribution < -0.4 is 0 Å². The molecule has 0 bridgehead atoms. The van der Waals surface area contributed by atoms with Crippen LogP contribution in [-0.2, 0) is 9.59 Å². The summed E-state index contributed by atoms with van der Waals surface area (Å²) in [6.07, 6.45) is 2.98. The van der Waals surface area contributed by atoms with Crippen molar-refractivity contribution in [2.24, 2.45) is 17.8 Å². The molecule has 3 rings (SSSR count). The number of amides is 1. The number of carbonyl (C=O) groups is 2. The summed E-state index contributed by atoms with van der Waals surface area (Å²) in [5.41, 5.74) is 1.02. The Balaban J connectivity index is 1.75. The largest absolute Gasteiger partial charge is 0.481 e. The van der Waals surface area contributed by atoms with Gasteiger partial charge in [0, 0.05) is 13.1 Å². The zero-order valence-electron chi connectivity index (χ0n) is 12.9. The molecule has 3 atom stereocenters. The molecule has 4 nitrogen and oxygen atoms in total. The Labute approximate surface area is 131 Å². The molecular formula is C18H23NO3. The van der Waals surface area contributed by atoms with E-state index in [0.29, 0.717) is 19.0 Å². The number of rotatable bonds is 5. The van der Waals surface area contributed by atoms with Crippen molar-refractivity contribution >= 4 is 11.9 Å². The maximum absolute atomic E-state index is 12.9. The van der Waals surface area contributed by atoms with Gasteiger partial charge in [-0.1, -0.05) is 37.3 Å². The predicted molar refractivity (Wildman–Crippen MR) is 83.4 cm³/mol. The fourth-order valence-electron chi connectivity index (χ4n) is 3.73. The highest BCUT2D eigenvalue weighted by Crippen LogP contribution is 2.44. The normalized spacial score (nSPS) is 26.0. The van der Waals surface area contributed by atoms with E-state index in [9.17, 15) is 14.7 Å². The van der Waals surface area contributed by atoms with Crippen molar-refractivity contribution in [3.8, 4) is 0 Å². The highest BCUT2D eigenvalue weighted by atomic mass is 16.4. The molecule has 1 heterocycles. The molecular weight excluding hydrogens is 278 g/mol. The zero-order valence-corrected chi connectivity index (χ0v) is 12.9. The summed E-state index contributed by atoms with van der Waals surface area (Å²) < 4.78 is 0. The van der Waals surface area contributed by atoms with Gasteiger partial charge in [0.1, 0.15) is 0 Å². The first-order chi connectivity index (χ1) is 10.6. The average Bonchev–Trinajstić information content (AvgIpc) is 3.27. The van der Waals surface area contributed by atoms with Crippen LogP contribution in [0.25, 0.3) is 0 Å². The van der Waals surface area contributed by atoms with Crippen molar-refractivity contribution in [2.75, 3.05) is 13.1 Å². The van der Waals surface area contributed by atoms with E-state index in [0.717, 1.165) is 24.8 Å². The van der Waals surface area contributed by atoms with Crippen LogP contribution in [-0.4, -0.2) is 35.0 Å². The van der Waals surface area contributed by atoms with Gasteiger partial charge in [0.05, 0.1) is 11.8 Å². The smallest absolute Gasteiger partial charge is 0.308 e. The molecule has 0 aromatic heterocycles. The topological polar surface area (TPSA) is 57.6 Å². The Morgan fingerprint density at radius 1 is 1.23 bits per heavy atom. The number of carbonyl (C=O) groups excluding carboxylic acids is 1. The van der Waals surface area contributed by atoms with Gasteiger partial charge in [0.15, 0.2) is 0 Å². The molecule has 1 aromatic rings. The van der Waals surface area contributed by atoms with Gasteiger partial charge in [-0.05, 0) is 36.7 Å². The number of benzene rings is 1. The first kappa shape index (κ1) is 15.1. The number of hydrogen-bond donors (Lipinski definition) is 1. The Morgan fingerprint density at radius 3 is 2.45 bits per heavy atom. The highest BCUT2D eigenvalue weighted by molar-refractivity contribution is 5.85. The van der Waals surface area contributed by atoms with Gasteiger partial charge in [-0.15, -0.1) is 0 Å². The van der Waals surface area contributed by atoms with Crippen molar-refractivity contribution in [2.45, 2.75) is 32.1 Å². The fraction of sp³-hybridized carbons (Fsp3) is 0.556. The van der Waals surface area contributed by atoms with Crippen LogP contribution in [0.15, 0.2) is 30.3 Å². The molecule has 1 saturated carbocycles. The molecule has 118 valence electrons. The lowest BCUT2D eigenvalue weighted by molar-refractivity contribution is -0.142. The summed E-state index contributed by atoms with van der Waals surface area (Å²) in [5, 5.41) is 9.43. The second kappa shape index (κ2) is 6.11. The third-order valence-corrected chi connectivity index (χ3v) is 5.13. The molecule has 1 aliphatic heterocycles. The second-order valence-electron chi connectivity index (χ2n) is 6.56. The zero-order chi connectivity index (χ0) is 15.7. The van der Waals surface area contributed by atoms with Gasteiger partial charge in [-0.3, -0.25) is 9.59 Å². The van der Waals surface area contributed by atoms with E-state index in [1.807, 2.05) is 37.3 Å². The van der Waals surface area contributed by atoms with Crippen LogP contribution in [0.2, 0.25) is 0 Å². The summed E-state index contributed by atoms with van der Waals surface area (Å²) >= 11 is 0. The summed E-state index contributed by atoms with van der Waals surface area (Å²) in [4.78, 5) is 26.1. The van der Waals surface area contributed by atoms with E-state index < -0.39 is 5.97 Å². The van der Waals surface area contributed by atoms with Crippen LogP contribution in [0, 0.1) is 17.8 Å². The lowest BCUT2D eigenvalue weighted by Gasteiger charge is -2.23. The summed E-state index contributed by atoms with van der Waals surface area (Å²) in [6.45, 7) is 3.00.